The molecule has 1 unspecified atom stereocenters. The van der Waals surface area contributed by atoms with Crippen LogP contribution in [-0.4, -0.2) is 28.7 Å². The number of Topliss-reactive ketones (excluding diaryl/α,β-unsaturated/α-hetero) is 1. The zero-order valence-corrected chi connectivity index (χ0v) is 12.5. The van der Waals surface area contributed by atoms with Gasteiger partial charge in [0.2, 0.25) is 0 Å². The lowest BCUT2D eigenvalue weighted by Crippen LogP contribution is -2.46. The number of hydrogen-bond acceptors (Lipinski definition) is 3. The van der Waals surface area contributed by atoms with Gasteiger partial charge in [-0.1, -0.05) is 24.9 Å². The van der Waals surface area contributed by atoms with Crippen LogP contribution in [0.3, 0.4) is 0 Å². The van der Waals surface area contributed by atoms with E-state index in [-0.39, 0.29) is 11.2 Å². The van der Waals surface area contributed by atoms with Gasteiger partial charge in [-0.05, 0) is 32.7 Å². The van der Waals surface area contributed by atoms with Crippen LogP contribution < -0.4 is 5.32 Å². The predicted octanol–water partition coefficient (Wildman–Crippen LogP) is 2.91. The molecule has 1 fully saturated rings. The van der Waals surface area contributed by atoms with Crippen LogP contribution in [0.25, 0.3) is 0 Å². The summed E-state index contributed by atoms with van der Waals surface area (Å²) in [4.78, 5) is 13.0. The summed E-state index contributed by atoms with van der Waals surface area (Å²) in [5, 5.41) is 8.03. The highest BCUT2D eigenvalue weighted by Crippen LogP contribution is 2.36. The first-order chi connectivity index (χ1) is 9.14. The summed E-state index contributed by atoms with van der Waals surface area (Å²) in [5.74, 6) is 0.158. The van der Waals surface area contributed by atoms with Gasteiger partial charge in [0.05, 0.1) is 11.2 Å². The Balaban J connectivity index is 2.36. The number of halogens is 1. The molecule has 0 spiro atoms. The molecule has 0 aliphatic carbocycles. The minimum Gasteiger partial charge on any atom is -0.316 e. The maximum absolute atomic E-state index is 13.0. The second-order valence-electron chi connectivity index (χ2n) is 5.30. The highest BCUT2D eigenvalue weighted by atomic mass is 35.5. The monoisotopic (exact) mass is 283 g/mol. The van der Waals surface area contributed by atoms with Gasteiger partial charge in [0.25, 0.3) is 0 Å². The molecule has 1 aliphatic heterocycles. The van der Waals surface area contributed by atoms with Gasteiger partial charge >= 0.3 is 0 Å². The molecule has 1 aliphatic rings. The quantitative estimate of drug-likeness (QED) is 0.845. The third-order valence-electron chi connectivity index (χ3n) is 3.99. The Labute approximate surface area is 119 Å². The van der Waals surface area contributed by atoms with Crippen LogP contribution in [0.2, 0.25) is 5.02 Å². The highest BCUT2D eigenvalue weighted by molar-refractivity contribution is 6.33. The number of aryl methyl sites for hydroxylation is 1. The van der Waals surface area contributed by atoms with Crippen molar-refractivity contribution >= 4 is 17.4 Å². The molecule has 0 aromatic carbocycles. The van der Waals surface area contributed by atoms with Gasteiger partial charge in [-0.25, -0.2) is 0 Å². The molecule has 1 aromatic heterocycles. The number of rotatable bonds is 5. The maximum Gasteiger partial charge on any atom is 0.189 e. The first-order valence-corrected chi connectivity index (χ1v) is 7.49. The molecule has 2 rings (SSSR count). The van der Waals surface area contributed by atoms with Crippen LogP contribution in [0, 0.1) is 5.41 Å². The van der Waals surface area contributed by atoms with Crippen LogP contribution >= 0.6 is 11.6 Å². The zero-order chi connectivity index (χ0) is 13.9. The van der Waals surface area contributed by atoms with Crippen molar-refractivity contribution in [3.05, 3.63) is 16.9 Å². The van der Waals surface area contributed by atoms with Crippen molar-refractivity contribution in [1.82, 2.24) is 15.1 Å². The molecule has 1 aromatic rings. The first kappa shape index (κ1) is 14.5. The number of carbonyl (C=O) groups is 1. The van der Waals surface area contributed by atoms with Crippen molar-refractivity contribution in [2.24, 2.45) is 5.41 Å². The fraction of sp³-hybridized carbons (Fsp3) is 0.714. The number of hydrogen-bond donors (Lipinski definition) is 1. The Kier molecular flexibility index (Phi) is 4.63. The van der Waals surface area contributed by atoms with Crippen molar-refractivity contribution in [3.8, 4) is 0 Å². The summed E-state index contributed by atoms with van der Waals surface area (Å²) in [6.07, 6.45) is 5.48. The summed E-state index contributed by atoms with van der Waals surface area (Å²) in [6.45, 7) is 6.53. The molecule has 0 bridgehead atoms. The Bertz CT molecular complexity index is 444. The van der Waals surface area contributed by atoms with Crippen LogP contribution in [0.15, 0.2) is 6.20 Å². The van der Waals surface area contributed by atoms with E-state index in [0.717, 1.165) is 38.8 Å². The molecule has 1 N–H and O–H groups in total. The van der Waals surface area contributed by atoms with Gasteiger partial charge in [0, 0.05) is 18.5 Å². The third-order valence-corrected chi connectivity index (χ3v) is 4.27. The van der Waals surface area contributed by atoms with E-state index in [1.54, 1.807) is 10.9 Å². The predicted molar refractivity (Wildman–Crippen MR) is 76.7 cm³/mol. The van der Waals surface area contributed by atoms with Crippen molar-refractivity contribution in [1.29, 1.82) is 0 Å². The minimum atomic E-state index is -0.302. The van der Waals surface area contributed by atoms with Crippen LogP contribution in [0.5, 0.6) is 0 Å². The second kappa shape index (κ2) is 6.06. The Morgan fingerprint density at radius 2 is 2.37 bits per heavy atom. The zero-order valence-electron chi connectivity index (χ0n) is 11.7. The molecular formula is C14H22ClN3O. The number of aromatic nitrogens is 2. The van der Waals surface area contributed by atoms with E-state index in [0.29, 0.717) is 17.3 Å². The van der Waals surface area contributed by atoms with E-state index in [2.05, 4.69) is 17.3 Å². The van der Waals surface area contributed by atoms with E-state index in [9.17, 15) is 4.79 Å². The van der Waals surface area contributed by atoms with E-state index < -0.39 is 0 Å². The van der Waals surface area contributed by atoms with Gasteiger partial charge in [0.1, 0.15) is 5.69 Å². The van der Waals surface area contributed by atoms with Crippen LogP contribution in [0.1, 0.15) is 50.0 Å². The third kappa shape index (κ3) is 2.70. The van der Waals surface area contributed by atoms with Gasteiger partial charge in [-0.2, -0.15) is 5.10 Å². The number of ketones is 1. The normalized spacial score (nSPS) is 23.5. The van der Waals surface area contributed by atoms with Gasteiger partial charge in [-0.15, -0.1) is 0 Å². The lowest BCUT2D eigenvalue weighted by molar-refractivity contribution is 0.0706. The average Bonchev–Trinajstić information content (AvgIpc) is 2.80. The molecular weight excluding hydrogens is 262 g/mol. The molecule has 0 saturated carbocycles. The van der Waals surface area contributed by atoms with Crippen molar-refractivity contribution < 1.29 is 4.79 Å². The van der Waals surface area contributed by atoms with Gasteiger partial charge in [-0.3, -0.25) is 9.48 Å². The average molecular weight is 284 g/mol. The fourth-order valence-corrected chi connectivity index (χ4v) is 3.27. The summed E-state index contributed by atoms with van der Waals surface area (Å²) in [5.41, 5.74) is 0.283. The molecule has 2 heterocycles. The summed E-state index contributed by atoms with van der Waals surface area (Å²) >= 11 is 6.18. The number of nitrogens with one attached hydrogen (secondary N) is 1. The number of carbonyl (C=O) groups excluding carboxylic acids is 1. The van der Waals surface area contributed by atoms with Gasteiger partial charge < -0.3 is 5.32 Å². The Morgan fingerprint density at radius 3 is 2.95 bits per heavy atom. The molecule has 4 nitrogen and oxygen atoms in total. The standard InChI is InChI=1S/C14H22ClN3O/c1-3-6-14(7-5-8-16-10-14)13(19)12-11(15)9-17-18(12)4-2/h9,16H,3-8,10H2,1-2H3. The van der Waals surface area contributed by atoms with Crippen molar-refractivity contribution in [3.63, 3.8) is 0 Å². The molecule has 1 atom stereocenters. The van der Waals surface area contributed by atoms with Crippen LogP contribution in [-0.2, 0) is 6.54 Å². The van der Waals surface area contributed by atoms with E-state index in [1.165, 1.54) is 0 Å². The number of nitrogens with zero attached hydrogens (tertiary/aromatic N) is 2. The topological polar surface area (TPSA) is 46.9 Å². The van der Waals surface area contributed by atoms with E-state index in [1.807, 2.05) is 6.92 Å². The van der Waals surface area contributed by atoms with E-state index >= 15 is 0 Å². The summed E-state index contributed by atoms with van der Waals surface area (Å²) in [7, 11) is 0. The molecule has 0 amide bonds. The van der Waals surface area contributed by atoms with Crippen LogP contribution in [0.4, 0.5) is 0 Å². The SMILES string of the molecule is CCCC1(C(=O)c2c(Cl)cnn2CC)CCCNC1. The molecule has 106 valence electrons. The number of piperidine rings is 1. The smallest absolute Gasteiger partial charge is 0.189 e. The maximum atomic E-state index is 13.0. The minimum absolute atomic E-state index is 0.158. The summed E-state index contributed by atoms with van der Waals surface area (Å²) < 4.78 is 1.72. The lowest BCUT2D eigenvalue weighted by Gasteiger charge is -2.36. The molecule has 19 heavy (non-hydrogen) atoms. The Morgan fingerprint density at radius 1 is 1.58 bits per heavy atom. The highest BCUT2D eigenvalue weighted by Gasteiger charge is 2.41. The lowest BCUT2D eigenvalue weighted by atomic mass is 9.72. The van der Waals surface area contributed by atoms with E-state index in [4.69, 9.17) is 11.6 Å². The largest absolute Gasteiger partial charge is 0.316 e. The molecule has 1 saturated heterocycles. The molecule has 0 radical (unpaired) electrons. The first-order valence-electron chi connectivity index (χ1n) is 7.11. The fourth-order valence-electron chi connectivity index (χ4n) is 3.05. The summed E-state index contributed by atoms with van der Waals surface area (Å²) in [6, 6.07) is 0. The Hall–Kier alpha value is -0.870. The van der Waals surface area contributed by atoms with Crippen molar-refractivity contribution in [2.75, 3.05) is 13.1 Å². The van der Waals surface area contributed by atoms with Gasteiger partial charge in [0.15, 0.2) is 5.78 Å². The molecule has 5 heteroatoms. The van der Waals surface area contributed by atoms with Crippen molar-refractivity contribution in [2.45, 2.75) is 46.1 Å². The second-order valence-corrected chi connectivity index (χ2v) is 5.70.